The number of hydrogen-bond acceptors (Lipinski definition) is 3. The minimum Gasteiger partial charge on any atom is -0.347 e. The van der Waals surface area contributed by atoms with Gasteiger partial charge in [0.05, 0.1) is 0 Å². The summed E-state index contributed by atoms with van der Waals surface area (Å²) in [5.41, 5.74) is 2.17. The summed E-state index contributed by atoms with van der Waals surface area (Å²) >= 11 is 0. The quantitative estimate of drug-likeness (QED) is 0.796. The summed E-state index contributed by atoms with van der Waals surface area (Å²) in [5, 5.41) is 4.29. The number of pyridine rings is 2. The van der Waals surface area contributed by atoms with E-state index in [1.165, 1.54) is 0 Å². The van der Waals surface area contributed by atoms with E-state index in [0.717, 1.165) is 16.5 Å². The number of aromatic nitrogens is 2. The van der Waals surface area contributed by atoms with E-state index in [9.17, 15) is 9.59 Å². The van der Waals surface area contributed by atoms with E-state index in [1.54, 1.807) is 23.0 Å². The van der Waals surface area contributed by atoms with Gasteiger partial charge in [0.15, 0.2) is 0 Å². The summed E-state index contributed by atoms with van der Waals surface area (Å²) in [7, 11) is 0. The number of nitrogens with one attached hydrogen (secondary N) is 1. The Bertz CT molecular complexity index is 975. The van der Waals surface area contributed by atoms with Crippen molar-refractivity contribution in [3.05, 3.63) is 76.0 Å². The maximum Gasteiger partial charge on any atom is 0.268 e. The molecule has 5 nitrogen and oxygen atoms in total. The SMILES string of the molecule is Cc1ccc2cc(C(=O)NCc3cccnc3)n(C(C)C)c(=O)c2c1. The van der Waals surface area contributed by atoms with E-state index in [1.807, 2.05) is 51.1 Å². The molecule has 0 fully saturated rings. The molecule has 1 amide bonds. The number of fused-ring (bicyclic) bond motifs is 1. The molecule has 0 saturated heterocycles. The van der Waals surface area contributed by atoms with Crippen molar-refractivity contribution in [1.82, 2.24) is 14.9 Å². The summed E-state index contributed by atoms with van der Waals surface area (Å²) in [6.45, 7) is 6.12. The van der Waals surface area contributed by atoms with Crippen molar-refractivity contribution in [2.24, 2.45) is 0 Å². The second-order valence-electron chi connectivity index (χ2n) is 6.43. The molecule has 1 N–H and O–H groups in total. The molecule has 2 heterocycles. The third-order valence-corrected chi connectivity index (χ3v) is 4.13. The largest absolute Gasteiger partial charge is 0.347 e. The van der Waals surface area contributed by atoms with Crippen LogP contribution in [0.4, 0.5) is 0 Å². The van der Waals surface area contributed by atoms with Gasteiger partial charge in [-0.2, -0.15) is 0 Å². The lowest BCUT2D eigenvalue weighted by Gasteiger charge is -2.17. The summed E-state index contributed by atoms with van der Waals surface area (Å²) in [5.74, 6) is -0.267. The number of benzene rings is 1. The van der Waals surface area contributed by atoms with Crippen LogP contribution in [0.15, 0.2) is 53.6 Å². The zero-order valence-corrected chi connectivity index (χ0v) is 14.6. The number of carbonyl (C=O) groups excluding carboxylic acids is 1. The molecule has 2 aromatic heterocycles. The molecule has 3 aromatic rings. The number of nitrogens with zero attached hydrogens (tertiary/aromatic N) is 2. The van der Waals surface area contributed by atoms with Crippen LogP contribution >= 0.6 is 0 Å². The first kappa shape index (κ1) is 16.9. The fraction of sp³-hybridized carbons (Fsp3) is 0.250. The highest BCUT2D eigenvalue weighted by molar-refractivity contribution is 5.96. The van der Waals surface area contributed by atoms with Crippen LogP contribution in [0, 0.1) is 6.92 Å². The van der Waals surface area contributed by atoms with Crippen LogP contribution < -0.4 is 10.9 Å². The van der Waals surface area contributed by atoms with Crippen LogP contribution in [-0.2, 0) is 6.54 Å². The Morgan fingerprint density at radius 1 is 1.24 bits per heavy atom. The Kier molecular flexibility index (Phi) is 4.65. The zero-order chi connectivity index (χ0) is 18.0. The molecule has 0 unspecified atom stereocenters. The Balaban J connectivity index is 2.02. The van der Waals surface area contributed by atoms with Crippen LogP contribution in [0.5, 0.6) is 0 Å². The number of rotatable bonds is 4. The van der Waals surface area contributed by atoms with Crippen molar-refractivity contribution in [2.75, 3.05) is 0 Å². The minimum atomic E-state index is -0.267. The lowest BCUT2D eigenvalue weighted by Crippen LogP contribution is -2.33. The number of amides is 1. The smallest absolute Gasteiger partial charge is 0.268 e. The molecule has 0 radical (unpaired) electrons. The molecular formula is C20H21N3O2. The monoisotopic (exact) mass is 335 g/mol. The van der Waals surface area contributed by atoms with Gasteiger partial charge < -0.3 is 9.88 Å². The highest BCUT2D eigenvalue weighted by Crippen LogP contribution is 2.17. The summed E-state index contributed by atoms with van der Waals surface area (Å²) < 4.78 is 1.56. The molecule has 25 heavy (non-hydrogen) atoms. The number of carbonyl (C=O) groups is 1. The van der Waals surface area contributed by atoms with Crippen LogP contribution in [0.25, 0.3) is 10.8 Å². The van der Waals surface area contributed by atoms with Crippen molar-refractivity contribution in [2.45, 2.75) is 33.4 Å². The molecule has 1 aromatic carbocycles. The summed E-state index contributed by atoms with van der Waals surface area (Å²) in [4.78, 5) is 29.6. The van der Waals surface area contributed by atoms with Gasteiger partial charge in [0.25, 0.3) is 11.5 Å². The molecule has 0 aliphatic heterocycles. The predicted molar refractivity (Wildman–Crippen MR) is 98.7 cm³/mol. The van der Waals surface area contributed by atoms with Gasteiger partial charge >= 0.3 is 0 Å². The first-order valence-corrected chi connectivity index (χ1v) is 8.30. The fourth-order valence-electron chi connectivity index (χ4n) is 2.90. The van der Waals surface area contributed by atoms with Crippen molar-refractivity contribution in [1.29, 1.82) is 0 Å². The molecule has 0 spiro atoms. The second-order valence-corrected chi connectivity index (χ2v) is 6.43. The zero-order valence-electron chi connectivity index (χ0n) is 14.6. The normalized spacial score (nSPS) is 11.0. The third kappa shape index (κ3) is 3.45. The number of hydrogen-bond donors (Lipinski definition) is 1. The Morgan fingerprint density at radius 3 is 2.72 bits per heavy atom. The average Bonchev–Trinajstić information content (AvgIpc) is 2.60. The molecule has 0 atom stereocenters. The van der Waals surface area contributed by atoms with E-state index < -0.39 is 0 Å². The van der Waals surface area contributed by atoms with E-state index >= 15 is 0 Å². The van der Waals surface area contributed by atoms with E-state index in [-0.39, 0.29) is 17.5 Å². The first-order valence-electron chi connectivity index (χ1n) is 8.30. The van der Waals surface area contributed by atoms with Crippen LogP contribution in [-0.4, -0.2) is 15.5 Å². The van der Waals surface area contributed by atoms with Crippen molar-refractivity contribution < 1.29 is 4.79 Å². The van der Waals surface area contributed by atoms with Gasteiger partial charge in [-0.3, -0.25) is 14.6 Å². The predicted octanol–water partition coefficient (Wildman–Crippen LogP) is 3.22. The first-order chi connectivity index (χ1) is 12.0. The van der Waals surface area contributed by atoms with Gasteiger partial charge in [-0.15, -0.1) is 0 Å². The molecule has 0 saturated carbocycles. The minimum absolute atomic E-state index is 0.114. The van der Waals surface area contributed by atoms with Crippen molar-refractivity contribution >= 4 is 16.7 Å². The highest BCUT2D eigenvalue weighted by Gasteiger charge is 2.17. The van der Waals surface area contributed by atoms with Crippen LogP contribution in [0.2, 0.25) is 0 Å². The molecule has 3 rings (SSSR count). The fourth-order valence-corrected chi connectivity index (χ4v) is 2.90. The van der Waals surface area contributed by atoms with Crippen molar-refractivity contribution in [3.63, 3.8) is 0 Å². The lowest BCUT2D eigenvalue weighted by molar-refractivity contribution is 0.0939. The van der Waals surface area contributed by atoms with Gasteiger partial charge in [-0.1, -0.05) is 23.8 Å². The van der Waals surface area contributed by atoms with Crippen LogP contribution in [0.3, 0.4) is 0 Å². The molecule has 5 heteroatoms. The number of aryl methyl sites for hydroxylation is 1. The molecule has 0 bridgehead atoms. The molecular weight excluding hydrogens is 314 g/mol. The standard InChI is InChI=1S/C20H21N3O2/c1-13(2)23-18(19(24)22-12-15-5-4-8-21-11-15)10-16-7-6-14(3)9-17(16)20(23)25/h4-11,13H,12H2,1-3H3,(H,22,24). The highest BCUT2D eigenvalue weighted by atomic mass is 16.2. The summed E-state index contributed by atoms with van der Waals surface area (Å²) in [6.07, 6.45) is 3.39. The van der Waals surface area contributed by atoms with E-state index in [4.69, 9.17) is 0 Å². The van der Waals surface area contributed by atoms with Gasteiger partial charge in [0, 0.05) is 30.4 Å². The van der Waals surface area contributed by atoms with Gasteiger partial charge in [0.2, 0.25) is 0 Å². The van der Waals surface area contributed by atoms with E-state index in [2.05, 4.69) is 10.3 Å². The maximum absolute atomic E-state index is 12.9. The summed E-state index contributed by atoms with van der Waals surface area (Å²) in [6, 6.07) is 11.1. The average molecular weight is 335 g/mol. The third-order valence-electron chi connectivity index (χ3n) is 4.13. The molecule has 0 aliphatic carbocycles. The Morgan fingerprint density at radius 2 is 2.04 bits per heavy atom. The second kappa shape index (κ2) is 6.89. The molecule has 128 valence electrons. The Hall–Kier alpha value is -2.95. The topological polar surface area (TPSA) is 64.0 Å². The Labute approximate surface area is 146 Å². The van der Waals surface area contributed by atoms with Gasteiger partial charge in [-0.25, -0.2) is 0 Å². The molecule has 0 aliphatic rings. The lowest BCUT2D eigenvalue weighted by atomic mass is 10.1. The van der Waals surface area contributed by atoms with Gasteiger partial charge in [0.1, 0.15) is 5.69 Å². The van der Waals surface area contributed by atoms with Crippen LogP contribution in [0.1, 0.15) is 41.5 Å². The van der Waals surface area contributed by atoms with E-state index in [0.29, 0.717) is 17.6 Å². The van der Waals surface area contributed by atoms with Crippen molar-refractivity contribution in [3.8, 4) is 0 Å². The van der Waals surface area contributed by atoms with Gasteiger partial charge in [-0.05, 0) is 49.9 Å². The maximum atomic E-state index is 12.9.